The van der Waals surface area contributed by atoms with Crippen molar-refractivity contribution in [2.75, 3.05) is 40.9 Å². The summed E-state index contributed by atoms with van der Waals surface area (Å²) in [5, 5.41) is 3.03. The molecule has 478 valence electrons. The van der Waals surface area contributed by atoms with E-state index in [-0.39, 0.29) is 24.9 Å². The van der Waals surface area contributed by atoms with Crippen molar-refractivity contribution in [3.05, 3.63) is 72.9 Å². The summed E-state index contributed by atoms with van der Waals surface area (Å²) in [4.78, 5) is 40.1. The molecule has 0 aliphatic heterocycles. The molecule has 0 aliphatic carbocycles. The molecule has 3 unspecified atom stereocenters. The maximum Gasteiger partial charge on any atom is 0.306 e. The van der Waals surface area contributed by atoms with Crippen molar-refractivity contribution in [3.8, 4) is 0 Å². The molecule has 0 aromatic rings. The number of hydrogen-bond acceptors (Lipinski definition) is 7. The zero-order valence-corrected chi connectivity index (χ0v) is 55.6. The average molecular weight is 1170 g/mol. The SMILES string of the molecule is CCCCC/C=C\C/C=C\C/C=C\CCCCCCC(=O)NC(COP(=O)([O-])OCC[N+](C)(C)C)C(/C=C\CCCCCCCCCCCC)OC(=O)CCCCCCCCCCCCCCCCCCC/C=C\C/C=C\CCCCC. The van der Waals surface area contributed by atoms with Crippen LogP contribution in [0.5, 0.6) is 0 Å². The van der Waals surface area contributed by atoms with Crippen LogP contribution in [0.15, 0.2) is 72.9 Å². The van der Waals surface area contributed by atoms with Gasteiger partial charge in [-0.1, -0.05) is 280 Å². The first-order valence-electron chi connectivity index (χ1n) is 34.7. The van der Waals surface area contributed by atoms with Gasteiger partial charge in [-0.3, -0.25) is 14.2 Å². The Labute approximate surface area is 508 Å². The molecular formula is C72H133N2O7P. The van der Waals surface area contributed by atoms with Crippen LogP contribution >= 0.6 is 7.82 Å². The summed E-state index contributed by atoms with van der Waals surface area (Å²) < 4.78 is 30.4. The van der Waals surface area contributed by atoms with Gasteiger partial charge in [0, 0.05) is 12.8 Å². The maximum absolute atomic E-state index is 13.6. The van der Waals surface area contributed by atoms with Gasteiger partial charge in [0.2, 0.25) is 5.91 Å². The van der Waals surface area contributed by atoms with E-state index in [9.17, 15) is 19.0 Å². The molecule has 10 heteroatoms. The molecule has 0 aromatic carbocycles. The smallest absolute Gasteiger partial charge is 0.306 e. The standard InChI is InChI=1S/C72H133N2O7P/c1-7-10-13-16-19-22-25-28-30-32-33-34-35-36-37-38-39-40-41-43-45-47-50-53-56-59-62-65-72(76)81-70(63-60-57-54-51-48-27-24-21-18-15-12-9-3)69(68-80-82(77,78)79-67-66-74(4,5)6)73-71(75)64-61-58-55-52-49-46-44-42-31-29-26-23-20-17-14-11-8-2/h19-20,22-23,28-31,44,46,60,63,69-70H,7-18,21,24-27,32-43,45,47-59,61-62,64-68H2,1-6H3,(H-,73,75,77,78)/b22-19-,23-20-,30-28-,31-29-,46-44-,63-60-. The van der Waals surface area contributed by atoms with Gasteiger partial charge in [0.1, 0.15) is 19.3 Å². The Balaban J connectivity index is 5.05. The van der Waals surface area contributed by atoms with E-state index in [1.807, 2.05) is 33.3 Å². The molecule has 0 rings (SSSR count). The van der Waals surface area contributed by atoms with Crippen molar-refractivity contribution in [1.29, 1.82) is 0 Å². The van der Waals surface area contributed by atoms with Crippen LogP contribution in [0, 0.1) is 0 Å². The number of nitrogens with one attached hydrogen (secondary N) is 1. The second-order valence-corrected chi connectivity index (χ2v) is 26.1. The van der Waals surface area contributed by atoms with Gasteiger partial charge >= 0.3 is 5.97 Å². The number of amides is 1. The fraction of sp³-hybridized carbons (Fsp3) is 0.806. The van der Waals surface area contributed by atoms with Crippen LogP contribution in [0.4, 0.5) is 0 Å². The van der Waals surface area contributed by atoms with Crippen LogP contribution in [0.25, 0.3) is 0 Å². The van der Waals surface area contributed by atoms with Gasteiger partial charge in [-0.25, -0.2) is 0 Å². The van der Waals surface area contributed by atoms with E-state index in [1.165, 1.54) is 199 Å². The minimum absolute atomic E-state index is 0.0278. The summed E-state index contributed by atoms with van der Waals surface area (Å²) in [5.41, 5.74) is 0. The molecule has 0 saturated heterocycles. The number of phosphoric ester groups is 1. The summed E-state index contributed by atoms with van der Waals surface area (Å²) in [6.45, 7) is 6.80. The number of allylic oxidation sites excluding steroid dienone is 11. The maximum atomic E-state index is 13.6. The Hall–Kier alpha value is -2.55. The van der Waals surface area contributed by atoms with Crippen LogP contribution in [0.3, 0.4) is 0 Å². The summed E-state index contributed by atoms with van der Waals surface area (Å²) in [5.74, 6) is -0.558. The fourth-order valence-corrected chi connectivity index (χ4v) is 10.7. The molecule has 1 amide bonds. The molecule has 0 spiro atoms. The van der Waals surface area contributed by atoms with E-state index in [0.29, 0.717) is 23.9 Å². The van der Waals surface area contributed by atoms with E-state index < -0.39 is 26.6 Å². The number of nitrogens with zero attached hydrogens (tertiary/aromatic N) is 1. The molecule has 1 N–H and O–H groups in total. The summed E-state index contributed by atoms with van der Waals surface area (Å²) in [6, 6.07) is -0.902. The zero-order valence-electron chi connectivity index (χ0n) is 54.7. The largest absolute Gasteiger partial charge is 0.756 e. The molecule has 0 bridgehead atoms. The first-order chi connectivity index (χ1) is 39.9. The number of quaternary nitrogens is 1. The monoisotopic (exact) mass is 1170 g/mol. The normalized spacial score (nSPS) is 14.0. The lowest BCUT2D eigenvalue weighted by atomic mass is 10.0. The van der Waals surface area contributed by atoms with Crippen molar-refractivity contribution in [2.24, 2.45) is 0 Å². The predicted octanol–water partition coefficient (Wildman–Crippen LogP) is 21.3. The van der Waals surface area contributed by atoms with Crippen LogP contribution in [-0.4, -0.2) is 69.4 Å². The van der Waals surface area contributed by atoms with E-state index in [1.54, 1.807) is 0 Å². The average Bonchev–Trinajstić information content (AvgIpc) is 3.44. The van der Waals surface area contributed by atoms with E-state index in [0.717, 1.165) is 83.5 Å². The lowest BCUT2D eigenvalue weighted by Crippen LogP contribution is -2.47. The minimum Gasteiger partial charge on any atom is -0.756 e. The van der Waals surface area contributed by atoms with Crippen LogP contribution in [0.2, 0.25) is 0 Å². The van der Waals surface area contributed by atoms with Gasteiger partial charge < -0.3 is 28.5 Å². The molecule has 3 atom stereocenters. The Bertz CT molecular complexity index is 1630. The second-order valence-electron chi connectivity index (χ2n) is 24.7. The van der Waals surface area contributed by atoms with Crippen LogP contribution < -0.4 is 10.2 Å². The number of esters is 1. The number of ether oxygens (including phenoxy) is 1. The Morgan fingerprint density at radius 1 is 0.427 bits per heavy atom. The number of hydrogen-bond donors (Lipinski definition) is 1. The van der Waals surface area contributed by atoms with Crippen molar-refractivity contribution in [3.63, 3.8) is 0 Å². The molecule has 0 aliphatic rings. The van der Waals surface area contributed by atoms with Gasteiger partial charge in [0.15, 0.2) is 0 Å². The molecule has 9 nitrogen and oxygen atoms in total. The Kier molecular flexibility index (Phi) is 59.6. The number of unbranched alkanes of at least 4 members (excludes halogenated alkanes) is 37. The molecule has 82 heavy (non-hydrogen) atoms. The van der Waals surface area contributed by atoms with Crippen molar-refractivity contribution in [2.45, 2.75) is 335 Å². The third kappa shape index (κ3) is 62.0. The van der Waals surface area contributed by atoms with Gasteiger partial charge in [-0.15, -0.1) is 0 Å². The molecule has 0 fully saturated rings. The third-order valence-electron chi connectivity index (χ3n) is 15.4. The molecule has 0 heterocycles. The van der Waals surface area contributed by atoms with Crippen molar-refractivity contribution in [1.82, 2.24) is 5.32 Å². The van der Waals surface area contributed by atoms with Gasteiger partial charge in [-0.2, -0.15) is 0 Å². The highest BCUT2D eigenvalue weighted by Crippen LogP contribution is 2.38. The summed E-state index contributed by atoms with van der Waals surface area (Å²) >= 11 is 0. The Morgan fingerprint density at radius 2 is 0.744 bits per heavy atom. The number of carbonyl (C=O) groups is 2. The molecular weight excluding hydrogens is 1040 g/mol. The number of likely N-dealkylation sites (N-methyl/N-ethyl adjacent to an activating group) is 1. The first kappa shape index (κ1) is 79.5. The van der Waals surface area contributed by atoms with E-state index in [2.05, 4.69) is 86.8 Å². The summed E-state index contributed by atoms with van der Waals surface area (Å²) in [7, 11) is 1.17. The quantitative estimate of drug-likeness (QED) is 0.0212. The molecule has 0 saturated carbocycles. The fourth-order valence-electron chi connectivity index (χ4n) is 9.97. The molecule has 0 radical (unpaired) electrons. The summed E-state index contributed by atoms with van der Waals surface area (Å²) in [6.07, 6.45) is 80.3. The number of carbonyl (C=O) groups excluding carboxylic acids is 2. The topological polar surface area (TPSA) is 114 Å². The van der Waals surface area contributed by atoms with Crippen LogP contribution in [-0.2, 0) is 27.9 Å². The zero-order chi connectivity index (χ0) is 60.0. The minimum atomic E-state index is -4.71. The number of phosphoric acid groups is 1. The van der Waals surface area contributed by atoms with Gasteiger partial charge in [0.05, 0.1) is 33.8 Å². The Morgan fingerprint density at radius 3 is 1.13 bits per heavy atom. The third-order valence-corrected chi connectivity index (χ3v) is 16.3. The van der Waals surface area contributed by atoms with E-state index >= 15 is 0 Å². The van der Waals surface area contributed by atoms with Crippen molar-refractivity contribution >= 4 is 19.7 Å². The highest BCUT2D eigenvalue weighted by molar-refractivity contribution is 7.45. The highest BCUT2D eigenvalue weighted by atomic mass is 31.2. The van der Waals surface area contributed by atoms with Gasteiger partial charge in [-0.05, 0) is 102 Å². The van der Waals surface area contributed by atoms with Crippen molar-refractivity contribution < 1.29 is 37.3 Å². The highest BCUT2D eigenvalue weighted by Gasteiger charge is 2.27. The second kappa shape index (κ2) is 61.5. The lowest BCUT2D eigenvalue weighted by Gasteiger charge is -2.30. The number of rotatable bonds is 63. The van der Waals surface area contributed by atoms with Crippen LogP contribution in [0.1, 0.15) is 323 Å². The first-order valence-corrected chi connectivity index (χ1v) is 36.2. The van der Waals surface area contributed by atoms with E-state index in [4.69, 9.17) is 13.8 Å². The predicted molar refractivity (Wildman–Crippen MR) is 353 cm³/mol. The molecule has 0 aromatic heterocycles. The van der Waals surface area contributed by atoms with Gasteiger partial charge in [0.25, 0.3) is 7.82 Å². The lowest BCUT2D eigenvalue weighted by molar-refractivity contribution is -0.870.